The van der Waals surface area contributed by atoms with Crippen LogP contribution >= 0.6 is 0 Å². The second kappa shape index (κ2) is 5.17. The lowest BCUT2D eigenvalue weighted by atomic mass is 9.82. The number of carbonyl (C=O) groups is 1. The minimum atomic E-state index is -0.296. The van der Waals surface area contributed by atoms with E-state index in [0.717, 1.165) is 32.3 Å². The van der Waals surface area contributed by atoms with E-state index < -0.39 is 0 Å². The lowest BCUT2D eigenvalue weighted by Crippen LogP contribution is -2.45. The second-order valence-corrected chi connectivity index (χ2v) is 5.24. The van der Waals surface area contributed by atoms with Crippen LogP contribution in [0.5, 0.6) is 5.75 Å². The number of hydrogen-bond donors (Lipinski definition) is 2. The molecule has 102 valence electrons. The van der Waals surface area contributed by atoms with E-state index in [2.05, 4.69) is 10.3 Å². The molecule has 1 aliphatic heterocycles. The summed E-state index contributed by atoms with van der Waals surface area (Å²) in [7, 11) is 0. The molecule has 2 heterocycles. The van der Waals surface area contributed by atoms with Gasteiger partial charge in [-0.25, -0.2) is 4.98 Å². The molecule has 5 nitrogen and oxygen atoms in total. The van der Waals surface area contributed by atoms with Crippen molar-refractivity contribution in [3.05, 3.63) is 24.0 Å². The molecule has 3 atom stereocenters. The number of nitrogens with zero attached hydrogens (tertiary/aromatic N) is 1. The number of amides is 1. The number of aromatic hydroxyl groups is 1. The van der Waals surface area contributed by atoms with E-state index in [4.69, 9.17) is 4.74 Å². The number of aromatic nitrogens is 1. The van der Waals surface area contributed by atoms with E-state index >= 15 is 0 Å². The van der Waals surface area contributed by atoms with E-state index in [1.807, 2.05) is 0 Å². The zero-order valence-corrected chi connectivity index (χ0v) is 10.7. The van der Waals surface area contributed by atoms with Crippen molar-refractivity contribution in [2.45, 2.75) is 37.8 Å². The van der Waals surface area contributed by atoms with Crippen LogP contribution in [-0.4, -0.2) is 34.8 Å². The first kappa shape index (κ1) is 12.4. The van der Waals surface area contributed by atoms with Gasteiger partial charge in [-0.05, 0) is 37.8 Å². The van der Waals surface area contributed by atoms with Crippen molar-refractivity contribution in [3.8, 4) is 5.75 Å². The van der Waals surface area contributed by atoms with Crippen molar-refractivity contribution in [3.63, 3.8) is 0 Å². The fourth-order valence-corrected chi connectivity index (χ4v) is 3.16. The molecule has 5 heteroatoms. The van der Waals surface area contributed by atoms with Crippen LogP contribution in [0.15, 0.2) is 18.3 Å². The smallest absolute Gasteiger partial charge is 0.273 e. The molecule has 2 fully saturated rings. The Bertz CT molecular complexity index is 478. The van der Waals surface area contributed by atoms with Gasteiger partial charge in [0.05, 0.1) is 6.10 Å². The maximum atomic E-state index is 12.1. The van der Waals surface area contributed by atoms with Gasteiger partial charge in [0.2, 0.25) is 0 Å². The van der Waals surface area contributed by atoms with Crippen LogP contribution in [-0.2, 0) is 4.74 Å². The molecule has 3 rings (SSSR count). The Hall–Kier alpha value is -1.62. The molecular weight excluding hydrogens is 244 g/mol. The third kappa shape index (κ3) is 2.42. The second-order valence-electron chi connectivity index (χ2n) is 5.24. The minimum Gasteiger partial charge on any atom is -0.505 e. The summed E-state index contributed by atoms with van der Waals surface area (Å²) in [5, 5.41) is 12.7. The van der Waals surface area contributed by atoms with Gasteiger partial charge >= 0.3 is 0 Å². The Morgan fingerprint density at radius 1 is 1.42 bits per heavy atom. The SMILES string of the molecule is O=C(N[C@@H]1CCC[C@@H]2OCC[C@H]21)c1ncccc1O. The lowest BCUT2D eigenvalue weighted by molar-refractivity contribution is 0.0509. The molecule has 1 aromatic rings. The maximum Gasteiger partial charge on any atom is 0.273 e. The maximum absolute atomic E-state index is 12.1. The topological polar surface area (TPSA) is 71.5 Å². The van der Waals surface area contributed by atoms with Crippen LogP contribution < -0.4 is 5.32 Å². The average Bonchev–Trinajstić information content (AvgIpc) is 2.88. The molecule has 0 unspecified atom stereocenters. The highest BCUT2D eigenvalue weighted by Gasteiger charge is 2.38. The van der Waals surface area contributed by atoms with Crippen molar-refractivity contribution in [1.29, 1.82) is 0 Å². The van der Waals surface area contributed by atoms with Crippen LogP contribution in [0.25, 0.3) is 0 Å². The third-order valence-electron chi connectivity index (χ3n) is 4.10. The van der Waals surface area contributed by atoms with Crippen molar-refractivity contribution in [2.75, 3.05) is 6.61 Å². The van der Waals surface area contributed by atoms with E-state index in [1.165, 1.54) is 12.3 Å². The van der Waals surface area contributed by atoms with Crippen LogP contribution in [0.1, 0.15) is 36.2 Å². The number of carbonyl (C=O) groups excluding carboxylic acids is 1. The number of nitrogens with one attached hydrogen (secondary N) is 1. The van der Waals surface area contributed by atoms with Crippen LogP contribution in [0, 0.1) is 5.92 Å². The zero-order chi connectivity index (χ0) is 13.2. The van der Waals surface area contributed by atoms with Gasteiger partial charge < -0.3 is 15.2 Å². The number of rotatable bonds is 2. The first-order valence-electron chi connectivity index (χ1n) is 6.82. The number of pyridine rings is 1. The summed E-state index contributed by atoms with van der Waals surface area (Å²) < 4.78 is 5.68. The first-order chi connectivity index (χ1) is 9.25. The van der Waals surface area contributed by atoms with Gasteiger partial charge in [-0.3, -0.25) is 4.79 Å². The molecule has 0 aromatic carbocycles. The van der Waals surface area contributed by atoms with Gasteiger partial charge in [-0.15, -0.1) is 0 Å². The molecule has 0 bridgehead atoms. The molecule has 1 aromatic heterocycles. The fraction of sp³-hybridized carbons (Fsp3) is 0.571. The Morgan fingerprint density at radius 2 is 2.32 bits per heavy atom. The molecule has 1 saturated heterocycles. The summed E-state index contributed by atoms with van der Waals surface area (Å²) in [6.45, 7) is 0.788. The van der Waals surface area contributed by atoms with E-state index in [9.17, 15) is 9.90 Å². The highest BCUT2D eigenvalue weighted by Crippen LogP contribution is 2.34. The minimum absolute atomic E-state index is 0.0740. The lowest BCUT2D eigenvalue weighted by Gasteiger charge is -2.33. The zero-order valence-electron chi connectivity index (χ0n) is 10.7. The summed E-state index contributed by atoms with van der Waals surface area (Å²) in [5.41, 5.74) is 0.100. The summed E-state index contributed by atoms with van der Waals surface area (Å²) in [6, 6.07) is 3.22. The Morgan fingerprint density at radius 3 is 3.16 bits per heavy atom. The van der Waals surface area contributed by atoms with Crippen molar-refractivity contribution in [2.24, 2.45) is 5.92 Å². The number of hydrogen-bond acceptors (Lipinski definition) is 4. The normalized spacial score (nSPS) is 29.8. The van der Waals surface area contributed by atoms with E-state index in [0.29, 0.717) is 5.92 Å². The van der Waals surface area contributed by atoms with Crippen molar-refractivity contribution >= 4 is 5.91 Å². The molecule has 0 radical (unpaired) electrons. The summed E-state index contributed by atoms with van der Waals surface area (Å²) in [6.07, 6.45) is 5.94. The molecule has 2 N–H and O–H groups in total. The van der Waals surface area contributed by atoms with Gasteiger partial charge in [0.25, 0.3) is 5.91 Å². The molecular formula is C14H18N2O3. The fourth-order valence-electron chi connectivity index (χ4n) is 3.16. The summed E-state index contributed by atoms with van der Waals surface area (Å²) in [4.78, 5) is 16.1. The highest BCUT2D eigenvalue weighted by molar-refractivity contribution is 5.94. The van der Waals surface area contributed by atoms with Gasteiger partial charge in [-0.1, -0.05) is 0 Å². The molecule has 1 amide bonds. The molecule has 1 aliphatic carbocycles. The van der Waals surface area contributed by atoms with Crippen molar-refractivity contribution in [1.82, 2.24) is 10.3 Å². The summed E-state index contributed by atoms with van der Waals surface area (Å²) >= 11 is 0. The van der Waals surface area contributed by atoms with Crippen LogP contribution in [0.3, 0.4) is 0 Å². The molecule has 19 heavy (non-hydrogen) atoms. The first-order valence-corrected chi connectivity index (χ1v) is 6.82. The highest BCUT2D eigenvalue weighted by atomic mass is 16.5. The Balaban J connectivity index is 1.71. The van der Waals surface area contributed by atoms with Gasteiger partial charge in [-0.2, -0.15) is 0 Å². The molecule has 2 aliphatic rings. The standard InChI is InChI=1S/C14H18N2O3/c17-11-4-2-7-15-13(11)14(18)16-10-3-1-5-12-9(10)6-8-19-12/h2,4,7,9-10,12,17H,1,3,5-6,8H2,(H,16,18)/t9-,10+,12-/m0/s1. The number of ether oxygens (including phenoxy) is 1. The quantitative estimate of drug-likeness (QED) is 0.846. The number of fused-ring (bicyclic) bond motifs is 1. The van der Waals surface area contributed by atoms with Crippen LogP contribution in [0.2, 0.25) is 0 Å². The molecule has 1 saturated carbocycles. The Kier molecular flexibility index (Phi) is 3.38. The van der Waals surface area contributed by atoms with E-state index in [-0.39, 0.29) is 29.5 Å². The van der Waals surface area contributed by atoms with Gasteiger partial charge in [0.15, 0.2) is 5.69 Å². The summed E-state index contributed by atoms with van der Waals surface area (Å²) in [5.74, 6) is 0.0363. The predicted octanol–water partition coefficient (Wildman–Crippen LogP) is 1.47. The Labute approximate surface area is 112 Å². The largest absolute Gasteiger partial charge is 0.505 e. The van der Waals surface area contributed by atoms with Crippen molar-refractivity contribution < 1.29 is 14.6 Å². The van der Waals surface area contributed by atoms with Gasteiger partial charge in [0.1, 0.15) is 5.75 Å². The average molecular weight is 262 g/mol. The van der Waals surface area contributed by atoms with Gasteiger partial charge in [0, 0.05) is 24.8 Å². The van der Waals surface area contributed by atoms with E-state index in [1.54, 1.807) is 6.07 Å². The third-order valence-corrected chi connectivity index (χ3v) is 4.10. The monoisotopic (exact) mass is 262 g/mol. The van der Waals surface area contributed by atoms with Crippen LogP contribution in [0.4, 0.5) is 0 Å². The predicted molar refractivity (Wildman–Crippen MR) is 68.9 cm³/mol. The molecule has 0 spiro atoms.